The number of nitrogens with zero attached hydrogens (tertiary/aromatic N) is 4. The highest BCUT2D eigenvalue weighted by Crippen LogP contribution is 2.23. The smallest absolute Gasteiger partial charge is 0.223 e. The maximum absolute atomic E-state index is 13.7. The molecular formula is C19H20FN5O. The van der Waals surface area contributed by atoms with E-state index in [-0.39, 0.29) is 24.2 Å². The molecule has 1 saturated heterocycles. The minimum Gasteiger partial charge on any atom is -0.356 e. The van der Waals surface area contributed by atoms with Gasteiger partial charge >= 0.3 is 0 Å². The molecule has 2 aromatic heterocycles. The topological polar surface area (TPSA) is 62.5 Å². The lowest BCUT2D eigenvalue weighted by Gasteiger charge is -2.32. The zero-order valence-electron chi connectivity index (χ0n) is 14.3. The molecule has 26 heavy (non-hydrogen) atoms. The van der Waals surface area contributed by atoms with Crippen molar-refractivity contribution in [2.24, 2.45) is 5.92 Å². The monoisotopic (exact) mass is 353 g/mol. The van der Waals surface area contributed by atoms with E-state index in [9.17, 15) is 9.18 Å². The van der Waals surface area contributed by atoms with Gasteiger partial charge in [-0.1, -0.05) is 18.2 Å². The van der Waals surface area contributed by atoms with E-state index < -0.39 is 0 Å². The molecule has 3 aromatic rings. The third kappa shape index (κ3) is 3.24. The van der Waals surface area contributed by atoms with E-state index in [1.807, 2.05) is 16.6 Å². The quantitative estimate of drug-likeness (QED) is 0.782. The second-order valence-electron chi connectivity index (χ2n) is 6.47. The van der Waals surface area contributed by atoms with Crippen LogP contribution in [0.2, 0.25) is 0 Å². The number of rotatable bonds is 4. The van der Waals surface area contributed by atoms with Gasteiger partial charge in [0.05, 0.1) is 6.20 Å². The van der Waals surface area contributed by atoms with Crippen LogP contribution in [0, 0.1) is 11.7 Å². The predicted octanol–water partition coefficient (Wildman–Crippen LogP) is 2.40. The first kappa shape index (κ1) is 16.5. The summed E-state index contributed by atoms with van der Waals surface area (Å²) in [4.78, 5) is 18.9. The van der Waals surface area contributed by atoms with Gasteiger partial charge in [0.1, 0.15) is 11.6 Å². The minimum atomic E-state index is -0.288. The fourth-order valence-corrected chi connectivity index (χ4v) is 3.40. The molecule has 1 aliphatic heterocycles. The molecule has 0 aliphatic carbocycles. The molecule has 7 heteroatoms. The molecule has 1 N–H and O–H groups in total. The third-order valence-electron chi connectivity index (χ3n) is 4.87. The second kappa shape index (κ2) is 7.11. The van der Waals surface area contributed by atoms with Crippen LogP contribution >= 0.6 is 0 Å². The maximum atomic E-state index is 13.7. The zero-order chi connectivity index (χ0) is 17.9. The Balaban J connectivity index is 1.35. The highest BCUT2D eigenvalue weighted by molar-refractivity contribution is 5.79. The summed E-state index contributed by atoms with van der Waals surface area (Å²) in [6.45, 7) is 1.78. The third-order valence-corrected chi connectivity index (χ3v) is 4.87. The molecule has 0 radical (unpaired) electrons. The summed E-state index contributed by atoms with van der Waals surface area (Å²) in [6.07, 6.45) is 5.02. The number of carbonyl (C=O) groups excluding carboxylic acids is 1. The normalized spacial score (nSPS) is 15.3. The summed E-state index contributed by atoms with van der Waals surface area (Å²) in [7, 11) is 0. The molecule has 1 aromatic carbocycles. The SMILES string of the molecule is O=C(NCc1ccccc1F)C1CCN(c2ccnc3ccnn23)CC1. The lowest BCUT2D eigenvalue weighted by molar-refractivity contribution is -0.125. The Morgan fingerprint density at radius 1 is 1.15 bits per heavy atom. The second-order valence-corrected chi connectivity index (χ2v) is 6.47. The number of nitrogens with one attached hydrogen (secondary N) is 1. The van der Waals surface area contributed by atoms with Crippen LogP contribution in [0.15, 0.2) is 48.8 Å². The van der Waals surface area contributed by atoms with Crippen LogP contribution in [0.5, 0.6) is 0 Å². The first-order valence-corrected chi connectivity index (χ1v) is 8.77. The number of hydrogen-bond donors (Lipinski definition) is 1. The van der Waals surface area contributed by atoms with Crippen molar-refractivity contribution in [3.05, 3.63) is 60.2 Å². The number of benzene rings is 1. The highest BCUT2D eigenvalue weighted by atomic mass is 19.1. The molecule has 0 atom stereocenters. The minimum absolute atomic E-state index is 0.00753. The van der Waals surface area contributed by atoms with Crippen molar-refractivity contribution < 1.29 is 9.18 Å². The van der Waals surface area contributed by atoms with Crippen molar-refractivity contribution in [1.82, 2.24) is 19.9 Å². The van der Waals surface area contributed by atoms with Crippen molar-refractivity contribution in [2.75, 3.05) is 18.0 Å². The number of carbonyl (C=O) groups is 1. The van der Waals surface area contributed by atoms with Gasteiger partial charge in [-0.3, -0.25) is 4.79 Å². The van der Waals surface area contributed by atoms with Gasteiger partial charge in [0.2, 0.25) is 5.91 Å². The van der Waals surface area contributed by atoms with Crippen molar-refractivity contribution in [3.8, 4) is 0 Å². The number of amides is 1. The molecule has 3 heterocycles. The molecule has 1 amide bonds. The molecule has 0 unspecified atom stereocenters. The van der Waals surface area contributed by atoms with E-state index in [0.717, 1.165) is 37.4 Å². The summed E-state index contributed by atoms with van der Waals surface area (Å²) in [5.74, 6) is 0.647. The number of anilines is 1. The van der Waals surface area contributed by atoms with Crippen LogP contribution in [0.4, 0.5) is 10.2 Å². The summed E-state index contributed by atoms with van der Waals surface area (Å²) in [5, 5.41) is 7.18. The molecule has 6 nitrogen and oxygen atoms in total. The van der Waals surface area contributed by atoms with Crippen molar-refractivity contribution in [3.63, 3.8) is 0 Å². The summed E-state index contributed by atoms with van der Waals surface area (Å²) in [6, 6.07) is 10.3. The average molecular weight is 353 g/mol. The van der Waals surface area contributed by atoms with Gasteiger partial charge in [0, 0.05) is 43.4 Å². The van der Waals surface area contributed by atoms with Gasteiger partial charge in [0.25, 0.3) is 0 Å². The Bertz CT molecular complexity index is 917. The highest BCUT2D eigenvalue weighted by Gasteiger charge is 2.26. The number of fused-ring (bicyclic) bond motifs is 1. The van der Waals surface area contributed by atoms with Gasteiger partial charge in [-0.2, -0.15) is 9.61 Å². The fraction of sp³-hybridized carbons (Fsp3) is 0.316. The maximum Gasteiger partial charge on any atom is 0.223 e. The largest absolute Gasteiger partial charge is 0.356 e. The number of halogens is 1. The zero-order valence-corrected chi connectivity index (χ0v) is 14.3. The van der Waals surface area contributed by atoms with E-state index in [0.29, 0.717) is 5.56 Å². The van der Waals surface area contributed by atoms with Crippen LogP contribution in [0.1, 0.15) is 18.4 Å². The molecule has 4 rings (SSSR count). The van der Waals surface area contributed by atoms with E-state index in [1.165, 1.54) is 6.07 Å². The van der Waals surface area contributed by atoms with Gasteiger partial charge in [-0.25, -0.2) is 9.37 Å². The van der Waals surface area contributed by atoms with Crippen LogP contribution in [-0.2, 0) is 11.3 Å². The summed E-state index contributed by atoms with van der Waals surface area (Å²) >= 11 is 0. The van der Waals surface area contributed by atoms with Crippen molar-refractivity contribution in [1.29, 1.82) is 0 Å². The van der Waals surface area contributed by atoms with E-state index in [1.54, 1.807) is 30.6 Å². The Labute approximate surface area is 150 Å². The first-order valence-electron chi connectivity index (χ1n) is 8.77. The summed E-state index contributed by atoms with van der Waals surface area (Å²) < 4.78 is 15.5. The standard InChI is InChI=1S/C19H20FN5O/c20-16-4-2-1-3-15(16)13-22-19(26)14-7-11-24(12-8-14)18-6-9-21-17-5-10-23-25(17)18/h1-6,9-10,14H,7-8,11-13H2,(H,22,26). The lowest BCUT2D eigenvalue weighted by Crippen LogP contribution is -2.41. The van der Waals surface area contributed by atoms with Gasteiger partial charge < -0.3 is 10.2 Å². The van der Waals surface area contributed by atoms with Crippen LogP contribution in [0.25, 0.3) is 5.65 Å². The van der Waals surface area contributed by atoms with Crippen LogP contribution < -0.4 is 10.2 Å². The van der Waals surface area contributed by atoms with E-state index >= 15 is 0 Å². The molecule has 0 bridgehead atoms. The van der Waals surface area contributed by atoms with Crippen molar-refractivity contribution >= 4 is 17.4 Å². The van der Waals surface area contributed by atoms with Crippen LogP contribution in [-0.4, -0.2) is 33.6 Å². The Morgan fingerprint density at radius 2 is 1.96 bits per heavy atom. The van der Waals surface area contributed by atoms with Gasteiger partial charge in [-0.05, 0) is 25.0 Å². The molecule has 0 saturated carbocycles. The fourth-order valence-electron chi connectivity index (χ4n) is 3.40. The number of piperidine rings is 1. The first-order chi connectivity index (χ1) is 12.7. The van der Waals surface area contributed by atoms with Gasteiger partial charge in [0.15, 0.2) is 5.65 Å². The number of hydrogen-bond acceptors (Lipinski definition) is 4. The lowest BCUT2D eigenvalue weighted by atomic mass is 9.96. The average Bonchev–Trinajstić information content (AvgIpc) is 3.16. The molecule has 1 fully saturated rings. The number of aromatic nitrogens is 3. The summed E-state index contributed by atoms with van der Waals surface area (Å²) in [5.41, 5.74) is 1.32. The Kier molecular flexibility index (Phi) is 4.51. The van der Waals surface area contributed by atoms with E-state index in [2.05, 4.69) is 20.3 Å². The molecule has 1 aliphatic rings. The molecule has 0 spiro atoms. The van der Waals surface area contributed by atoms with Gasteiger partial charge in [-0.15, -0.1) is 0 Å². The van der Waals surface area contributed by atoms with E-state index in [4.69, 9.17) is 0 Å². The van der Waals surface area contributed by atoms with Crippen molar-refractivity contribution in [2.45, 2.75) is 19.4 Å². The predicted molar refractivity (Wildman–Crippen MR) is 96.2 cm³/mol. The molecular weight excluding hydrogens is 333 g/mol. The van der Waals surface area contributed by atoms with Crippen LogP contribution in [0.3, 0.4) is 0 Å². The Morgan fingerprint density at radius 3 is 2.77 bits per heavy atom. The Hall–Kier alpha value is -2.96. The molecule has 134 valence electrons.